The monoisotopic (exact) mass is 212 g/mol. The minimum absolute atomic E-state index is 0.768. The molecule has 2 aromatic carbocycles. The summed E-state index contributed by atoms with van der Waals surface area (Å²) >= 11 is 0. The number of aryl methyl sites for hydroxylation is 1. The first-order valence-electron chi connectivity index (χ1n) is 5.34. The average molecular weight is 212 g/mol. The molecule has 0 saturated carbocycles. The summed E-state index contributed by atoms with van der Waals surface area (Å²) in [6.07, 6.45) is 1.80. The van der Waals surface area contributed by atoms with Gasteiger partial charge >= 0.3 is 0 Å². The number of nitrogens with one attached hydrogen (secondary N) is 1. The van der Waals surface area contributed by atoms with Crippen LogP contribution in [0.25, 0.3) is 10.8 Å². The van der Waals surface area contributed by atoms with Crippen LogP contribution in [0.3, 0.4) is 0 Å². The van der Waals surface area contributed by atoms with Gasteiger partial charge in [0.2, 0.25) is 0 Å². The number of hydrogen-bond donors (Lipinski definition) is 2. The minimum Gasteiger partial charge on any atom is -0.401 e. The van der Waals surface area contributed by atoms with Crippen LogP contribution in [0.2, 0.25) is 0 Å². The van der Waals surface area contributed by atoms with Crippen molar-refractivity contribution in [3.63, 3.8) is 0 Å². The van der Waals surface area contributed by atoms with E-state index >= 15 is 0 Å². The van der Waals surface area contributed by atoms with E-state index in [9.17, 15) is 0 Å². The van der Waals surface area contributed by atoms with Gasteiger partial charge in [-0.15, -0.1) is 0 Å². The van der Waals surface area contributed by atoms with Crippen molar-refractivity contribution in [3.05, 3.63) is 53.9 Å². The van der Waals surface area contributed by atoms with Gasteiger partial charge in [0.25, 0.3) is 0 Å². The summed E-state index contributed by atoms with van der Waals surface area (Å²) in [5.74, 6) is 0. The molecule has 2 nitrogen and oxygen atoms in total. The predicted molar refractivity (Wildman–Crippen MR) is 70.3 cm³/mol. The molecule has 0 heterocycles. The van der Waals surface area contributed by atoms with Crippen LogP contribution >= 0.6 is 0 Å². The quantitative estimate of drug-likeness (QED) is 0.800. The van der Waals surface area contributed by atoms with Crippen LogP contribution < -0.4 is 11.1 Å². The molecule has 0 aliphatic rings. The van der Waals surface area contributed by atoms with E-state index in [1.165, 1.54) is 16.3 Å². The normalized spacial score (nSPS) is 11.8. The van der Waals surface area contributed by atoms with Gasteiger partial charge in [0.05, 0.1) is 0 Å². The maximum atomic E-state index is 5.58. The molecule has 0 aliphatic heterocycles. The van der Waals surface area contributed by atoms with E-state index in [-0.39, 0.29) is 0 Å². The second-order valence-corrected chi connectivity index (χ2v) is 4.10. The lowest BCUT2D eigenvalue weighted by atomic mass is 10.1. The highest BCUT2D eigenvalue weighted by Crippen LogP contribution is 2.20. The highest BCUT2D eigenvalue weighted by molar-refractivity contribution is 5.86. The standard InChI is InChI=1S/C14H16N2/c1-10-3-4-12-5-6-14(8-13(12)7-10)16-9-11(2)15/h3-9,16H,15H2,1-2H3/b11-9-. The Bertz CT molecular complexity index is 537. The summed E-state index contributed by atoms with van der Waals surface area (Å²) in [5.41, 5.74) is 8.68. The smallest absolute Gasteiger partial charge is 0.0386 e. The van der Waals surface area contributed by atoms with Crippen molar-refractivity contribution in [1.82, 2.24) is 0 Å². The fourth-order valence-electron chi connectivity index (χ4n) is 1.65. The Kier molecular flexibility index (Phi) is 2.82. The third kappa shape index (κ3) is 2.34. The molecule has 0 atom stereocenters. The summed E-state index contributed by atoms with van der Waals surface area (Å²) < 4.78 is 0. The van der Waals surface area contributed by atoms with Gasteiger partial charge in [0.15, 0.2) is 0 Å². The second kappa shape index (κ2) is 4.27. The van der Waals surface area contributed by atoms with E-state index in [2.05, 4.69) is 48.6 Å². The number of hydrogen-bond acceptors (Lipinski definition) is 2. The van der Waals surface area contributed by atoms with Gasteiger partial charge in [-0.25, -0.2) is 0 Å². The fraction of sp³-hybridized carbons (Fsp3) is 0.143. The molecule has 2 rings (SSSR count). The van der Waals surface area contributed by atoms with Crippen LogP contribution in [-0.4, -0.2) is 0 Å². The first-order chi connectivity index (χ1) is 7.65. The Morgan fingerprint density at radius 1 is 1.12 bits per heavy atom. The predicted octanol–water partition coefficient (Wildman–Crippen LogP) is 3.38. The summed E-state index contributed by atoms with van der Waals surface area (Å²) in [4.78, 5) is 0. The van der Waals surface area contributed by atoms with Crippen LogP contribution in [0.4, 0.5) is 5.69 Å². The zero-order valence-corrected chi connectivity index (χ0v) is 9.62. The van der Waals surface area contributed by atoms with Gasteiger partial charge in [0, 0.05) is 17.6 Å². The number of fused-ring (bicyclic) bond motifs is 1. The maximum Gasteiger partial charge on any atom is 0.0386 e. The molecule has 0 amide bonds. The molecule has 16 heavy (non-hydrogen) atoms. The lowest BCUT2D eigenvalue weighted by Gasteiger charge is -2.04. The van der Waals surface area contributed by atoms with Gasteiger partial charge in [0.1, 0.15) is 0 Å². The van der Waals surface area contributed by atoms with Gasteiger partial charge < -0.3 is 11.1 Å². The molecule has 0 aromatic heterocycles. The van der Waals surface area contributed by atoms with E-state index in [0.717, 1.165) is 11.4 Å². The van der Waals surface area contributed by atoms with Crippen molar-refractivity contribution < 1.29 is 0 Å². The Hall–Kier alpha value is -1.96. The molecule has 0 spiro atoms. The molecular weight excluding hydrogens is 196 g/mol. The third-order valence-electron chi connectivity index (χ3n) is 2.46. The Labute approximate surface area is 95.8 Å². The summed E-state index contributed by atoms with van der Waals surface area (Å²) in [6, 6.07) is 12.7. The molecule has 0 unspecified atom stereocenters. The van der Waals surface area contributed by atoms with Gasteiger partial charge in [-0.2, -0.15) is 0 Å². The van der Waals surface area contributed by atoms with E-state index in [0.29, 0.717) is 0 Å². The first-order valence-corrected chi connectivity index (χ1v) is 5.34. The van der Waals surface area contributed by atoms with Crippen molar-refractivity contribution in [1.29, 1.82) is 0 Å². The van der Waals surface area contributed by atoms with Gasteiger partial charge in [-0.05, 0) is 36.8 Å². The van der Waals surface area contributed by atoms with Crippen molar-refractivity contribution in [2.24, 2.45) is 5.73 Å². The highest BCUT2D eigenvalue weighted by atomic mass is 14.9. The molecular formula is C14H16N2. The Morgan fingerprint density at radius 2 is 1.88 bits per heavy atom. The SMILES string of the molecule is C/C(N)=C/Nc1ccc2ccc(C)cc2c1. The van der Waals surface area contributed by atoms with Crippen LogP contribution in [0.5, 0.6) is 0 Å². The molecule has 0 bridgehead atoms. The number of benzene rings is 2. The van der Waals surface area contributed by atoms with Crippen LogP contribution in [-0.2, 0) is 0 Å². The van der Waals surface area contributed by atoms with E-state index in [1.54, 1.807) is 6.20 Å². The third-order valence-corrected chi connectivity index (χ3v) is 2.46. The van der Waals surface area contributed by atoms with Crippen LogP contribution in [0.1, 0.15) is 12.5 Å². The van der Waals surface area contributed by atoms with Crippen LogP contribution in [0.15, 0.2) is 48.3 Å². The van der Waals surface area contributed by atoms with Crippen molar-refractivity contribution >= 4 is 16.5 Å². The lowest BCUT2D eigenvalue weighted by molar-refractivity contribution is 1.29. The summed E-state index contributed by atoms with van der Waals surface area (Å²) in [5, 5.41) is 5.67. The molecule has 2 aromatic rings. The average Bonchev–Trinajstić information content (AvgIpc) is 2.25. The zero-order chi connectivity index (χ0) is 11.5. The molecule has 0 fully saturated rings. The Balaban J connectivity index is 2.39. The van der Waals surface area contributed by atoms with E-state index < -0.39 is 0 Å². The maximum absolute atomic E-state index is 5.58. The number of allylic oxidation sites excluding steroid dienone is 1. The van der Waals surface area contributed by atoms with Crippen molar-refractivity contribution in [2.45, 2.75) is 13.8 Å². The summed E-state index contributed by atoms with van der Waals surface area (Å²) in [7, 11) is 0. The minimum atomic E-state index is 0.768. The fourth-order valence-corrected chi connectivity index (χ4v) is 1.65. The lowest BCUT2D eigenvalue weighted by Crippen LogP contribution is -1.96. The first kappa shape index (κ1) is 10.6. The largest absolute Gasteiger partial charge is 0.401 e. The summed E-state index contributed by atoms with van der Waals surface area (Å²) in [6.45, 7) is 3.96. The van der Waals surface area contributed by atoms with E-state index in [4.69, 9.17) is 5.73 Å². The number of nitrogens with two attached hydrogens (primary N) is 1. The van der Waals surface area contributed by atoms with Crippen LogP contribution in [0, 0.1) is 6.92 Å². The molecule has 3 N–H and O–H groups in total. The van der Waals surface area contributed by atoms with E-state index in [1.807, 2.05) is 6.92 Å². The Morgan fingerprint density at radius 3 is 2.62 bits per heavy atom. The number of rotatable bonds is 2. The molecule has 2 heteroatoms. The number of anilines is 1. The molecule has 0 saturated heterocycles. The van der Waals surface area contributed by atoms with Crippen molar-refractivity contribution in [3.8, 4) is 0 Å². The van der Waals surface area contributed by atoms with Gasteiger partial charge in [-0.3, -0.25) is 0 Å². The topological polar surface area (TPSA) is 38.0 Å². The second-order valence-electron chi connectivity index (χ2n) is 4.10. The van der Waals surface area contributed by atoms with Crippen molar-refractivity contribution in [2.75, 3.05) is 5.32 Å². The molecule has 0 radical (unpaired) electrons. The van der Waals surface area contributed by atoms with Gasteiger partial charge in [-0.1, -0.05) is 29.8 Å². The highest BCUT2D eigenvalue weighted by Gasteiger charge is 1.95. The molecule has 82 valence electrons. The zero-order valence-electron chi connectivity index (χ0n) is 9.62. The molecule has 0 aliphatic carbocycles.